The number of hydrogen-bond donors (Lipinski definition) is 2. The maximum absolute atomic E-state index is 13.6. The Morgan fingerprint density at radius 3 is 2.77 bits per heavy atom. The molecule has 1 aromatic carbocycles. The lowest BCUT2D eigenvalue weighted by molar-refractivity contribution is -0.140. The van der Waals surface area contributed by atoms with Crippen molar-refractivity contribution in [3.8, 4) is 0 Å². The van der Waals surface area contributed by atoms with Gasteiger partial charge in [0.2, 0.25) is 0 Å². The number of rotatable bonds is 6. The Labute approximate surface area is 131 Å². The van der Waals surface area contributed by atoms with E-state index in [0.29, 0.717) is 24.6 Å². The van der Waals surface area contributed by atoms with Crippen molar-refractivity contribution >= 4 is 11.9 Å². The van der Waals surface area contributed by atoms with Crippen molar-refractivity contribution in [2.45, 2.75) is 33.2 Å². The fraction of sp³-hybridized carbons (Fsp3) is 0.500. The number of aliphatic imine (C=N–C) groups is 1. The predicted octanol–water partition coefficient (Wildman–Crippen LogP) is 2.31. The number of carbonyl (C=O) groups excluding carboxylic acids is 1. The van der Waals surface area contributed by atoms with Crippen LogP contribution in [0.15, 0.2) is 23.2 Å². The Morgan fingerprint density at radius 1 is 1.45 bits per heavy atom. The van der Waals surface area contributed by atoms with Crippen LogP contribution in [-0.2, 0) is 9.53 Å². The Balaban J connectivity index is 2.70. The first-order valence-electron chi connectivity index (χ1n) is 7.35. The van der Waals surface area contributed by atoms with E-state index in [1.165, 1.54) is 13.2 Å². The van der Waals surface area contributed by atoms with Gasteiger partial charge in [-0.25, -0.2) is 4.39 Å². The number of ether oxygens (including phenoxy) is 1. The Morgan fingerprint density at radius 2 is 2.18 bits per heavy atom. The minimum absolute atomic E-state index is 0.106. The van der Waals surface area contributed by atoms with Crippen LogP contribution in [0.5, 0.6) is 0 Å². The number of methoxy groups -OCH3 is 1. The van der Waals surface area contributed by atoms with Crippen molar-refractivity contribution in [3.05, 3.63) is 35.1 Å². The molecule has 1 aromatic rings. The van der Waals surface area contributed by atoms with Crippen LogP contribution in [0.25, 0.3) is 0 Å². The maximum Gasteiger partial charge on any atom is 0.307 e. The summed E-state index contributed by atoms with van der Waals surface area (Å²) < 4.78 is 18.2. The van der Waals surface area contributed by atoms with Crippen LogP contribution in [-0.4, -0.2) is 32.1 Å². The summed E-state index contributed by atoms with van der Waals surface area (Å²) in [7, 11) is 1.35. The van der Waals surface area contributed by atoms with Gasteiger partial charge in [0.1, 0.15) is 5.82 Å². The first-order chi connectivity index (χ1) is 10.5. The van der Waals surface area contributed by atoms with Crippen LogP contribution >= 0.6 is 0 Å². The third-order valence-corrected chi connectivity index (χ3v) is 3.21. The third-order valence-electron chi connectivity index (χ3n) is 3.21. The molecule has 0 bridgehead atoms. The van der Waals surface area contributed by atoms with Gasteiger partial charge < -0.3 is 15.4 Å². The van der Waals surface area contributed by atoms with E-state index < -0.39 is 0 Å². The zero-order valence-corrected chi connectivity index (χ0v) is 13.6. The fourth-order valence-electron chi connectivity index (χ4n) is 1.85. The third kappa shape index (κ3) is 5.71. The fourth-order valence-corrected chi connectivity index (χ4v) is 1.85. The van der Waals surface area contributed by atoms with E-state index in [1.807, 2.05) is 19.9 Å². The molecular formula is C16H24FN3O2. The van der Waals surface area contributed by atoms with Gasteiger partial charge in [-0.3, -0.25) is 9.79 Å². The normalized spacial score (nSPS) is 12.7. The number of carbonyl (C=O) groups is 1. The molecule has 0 radical (unpaired) electrons. The molecule has 1 unspecified atom stereocenters. The molecule has 5 nitrogen and oxygen atoms in total. The lowest BCUT2D eigenvalue weighted by Crippen LogP contribution is -2.39. The molecule has 0 amide bonds. The van der Waals surface area contributed by atoms with E-state index in [0.717, 1.165) is 5.56 Å². The molecule has 0 fully saturated rings. The van der Waals surface area contributed by atoms with Gasteiger partial charge in [0.05, 0.1) is 26.1 Å². The lowest BCUT2D eigenvalue weighted by Gasteiger charge is -2.18. The van der Waals surface area contributed by atoms with Crippen LogP contribution in [0.3, 0.4) is 0 Å². The number of halogens is 1. The summed E-state index contributed by atoms with van der Waals surface area (Å²) in [5, 5.41) is 6.29. The van der Waals surface area contributed by atoms with Crippen LogP contribution in [0.4, 0.5) is 4.39 Å². The highest BCUT2D eigenvalue weighted by Crippen LogP contribution is 2.16. The number of nitrogens with zero attached hydrogens (tertiary/aromatic N) is 1. The van der Waals surface area contributed by atoms with Gasteiger partial charge >= 0.3 is 5.97 Å². The van der Waals surface area contributed by atoms with Crippen molar-refractivity contribution in [2.75, 3.05) is 20.2 Å². The molecule has 0 aliphatic rings. The zero-order valence-electron chi connectivity index (χ0n) is 13.6. The SMILES string of the molecule is CCNC(=NCCC(=O)OC)NC(C)c1ccc(C)c(F)c1. The number of esters is 1. The number of aryl methyl sites for hydroxylation is 1. The predicted molar refractivity (Wildman–Crippen MR) is 85.3 cm³/mol. The highest BCUT2D eigenvalue weighted by molar-refractivity contribution is 5.80. The molecule has 0 saturated heterocycles. The average molecular weight is 309 g/mol. The highest BCUT2D eigenvalue weighted by atomic mass is 19.1. The second-order valence-electron chi connectivity index (χ2n) is 4.96. The number of hydrogen-bond acceptors (Lipinski definition) is 3. The molecule has 1 atom stereocenters. The lowest BCUT2D eigenvalue weighted by atomic mass is 10.1. The van der Waals surface area contributed by atoms with Crippen LogP contribution in [0, 0.1) is 12.7 Å². The second kappa shape index (κ2) is 9.02. The first kappa shape index (κ1) is 17.9. The molecular weight excluding hydrogens is 285 g/mol. The summed E-state index contributed by atoms with van der Waals surface area (Å²) in [6, 6.07) is 5.05. The largest absolute Gasteiger partial charge is 0.469 e. The molecule has 0 aliphatic heterocycles. The average Bonchev–Trinajstić information content (AvgIpc) is 2.49. The molecule has 0 aliphatic carbocycles. The van der Waals surface area contributed by atoms with Crippen LogP contribution < -0.4 is 10.6 Å². The molecule has 0 saturated carbocycles. The molecule has 0 heterocycles. The number of guanidine groups is 1. The van der Waals surface area contributed by atoms with Gasteiger partial charge in [0, 0.05) is 6.54 Å². The van der Waals surface area contributed by atoms with Gasteiger partial charge in [-0.15, -0.1) is 0 Å². The van der Waals surface area contributed by atoms with Gasteiger partial charge in [-0.2, -0.15) is 0 Å². The minimum Gasteiger partial charge on any atom is -0.469 e. The summed E-state index contributed by atoms with van der Waals surface area (Å²) in [6.07, 6.45) is 0.223. The monoisotopic (exact) mass is 309 g/mol. The molecule has 2 N–H and O–H groups in total. The zero-order chi connectivity index (χ0) is 16.5. The summed E-state index contributed by atoms with van der Waals surface area (Å²) in [5.74, 6) is 0.0620. The second-order valence-corrected chi connectivity index (χ2v) is 4.96. The molecule has 122 valence electrons. The van der Waals surface area contributed by atoms with Crippen molar-refractivity contribution < 1.29 is 13.9 Å². The van der Waals surface area contributed by atoms with Gasteiger partial charge in [0.15, 0.2) is 5.96 Å². The highest BCUT2D eigenvalue weighted by Gasteiger charge is 2.10. The standard InChI is InChI=1S/C16H24FN3O2/c1-5-18-16(19-9-8-15(21)22-4)20-12(3)13-7-6-11(2)14(17)10-13/h6-7,10,12H,5,8-9H2,1-4H3,(H2,18,19,20). The first-order valence-corrected chi connectivity index (χ1v) is 7.35. The Hall–Kier alpha value is -2.11. The minimum atomic E-state index is -0.298. The Bertz CT molecular complexity index is 532. The van der Waals surface area contributed by atoms with E-state index >= 15 is 0 Å². The molecule has 22 heavy (non-hydrogen) atoms. The number of nitrogens with one attached hydrogen (secondary N) is 2. The van der Waals surface area contributed by atoms with E-state index in [2.05, 4.69) is 20.4 Å². The van der Waals surface area contributed by atoms with Gasteiger partial charge in [-0.05, 0) is 38.0 Å². The van der Waals surface area contributed by atoms with E-state index in [9.17, 15) is 9.18 Å². The van der Waals surface area contributed by atoms with E-state index in [4.69, 9.17) is 0 Å². The van der Waals surface area contributed by atoms with Gasteiger partial charge in [0.25, 0.3) is 0 Å². The molecule has 6 heteroatoms. The quantitative estimate of drug-likeness (QED) is 0.481. The molecule has 0 spiro atoms. The van der Waals surface area contributed by atoms with Crippen molar-refractivity contribution in [2.24, 2.45) is 4.99 Å². The summed E-state index contributed by atoms with van der Waals surface area (Å²) in [6.45, 7) is 6.64. The molecule has 0 aromatic heterocycles. The summed E-state index contributed by atoms with van der Waals surface area (Å²) in [5.41, 5.74) is 1.45. The number of benzene rings is 1. The van der Waals surface area contributed by atoms with E-state index in [1.54, 1.807) is 13.0 Å². The van der Waals surface area contributed by atoms with Crippen molar-refractivity contribution in [1.82, 2.24) is 10.6 Å². The summed E-state index contributed by atoms with van der Waals surface area (Å²) >= 11 is 0. The van der Waals surface area contributed by atoms with Crippen molar-refractivity contribution in [3.63, 3.8) is 0 Å². The molecule has 1 rings (SSSR count). The topological polar surface area (TPSA) is 62.7 Å². The maximum atomic E-state index is 13.6. The summed E-state index contributed by atoms with van der Waals surface area (Å²) in [4.78, 5) is 15.4. The van der Waals surface area contributed by atoms with Crippen molar-refractivity contribution in [1.29, 1.82) is 0 Å². The smallest absolute Gasteiger partial charge is 0.307 e. The van der Waals surface area contributed by atoms with Crippen LogP contribution in [0.1, 0.15) is 37.4 Å². The van der Waals surface area contributed by atoms with E-state index in [-0.39, 0.29) is 24.2 Å². The Kier molecular flexibility index (Phi) is 7.36. The van der Waals surface area contributed by atoms with Gasteiger partial charge in [-0.1, -0.05) is 12.1 Å². The van der Waals surface area contributed by atoms with Crippen LogP contribution in [0.2, 0.25) is 0 Å².